The van der Waals surface area contributed by atoms with Crippen molar-refractivity contribution >= 4 is 18.7 Å². The Morgan fingerprint density at radius 1 is 1.50 bits per heavy atom. The van der Waals surface area contributed by atoms with Crippen molar-refractivity contribution in [2.45, 2.75) is 18.9 Å². The van der Waals surface area contributed by atoms with Gasteiger partial charge in [0.1, 0.15) is 6.04 Å². The lowest BCUT2D eigenvalue weighted by atomic mass is 10.2. The van der Waals surface area contributed by atoms with Gasteiger partial charge in [-0.15, -0.1) is 0 Å². The van der Waals surface area contributed by atoms with Crippen molar-refractivity contribution < 1.29 is 19.8 Å². The highest BCUT2D eigenvalue weighted by atomic mass is 16.4. The van der Waals surface area contributed by atoms with Crippen molar-refractivity contribution in [2.75, 3.05) is 0 Å². The molecule has 12 heavy (non-hydrogen) atoms. The van der Waals surface area contributed by atoms with E-state index in [0.29, 0.717) is 0 Å². The number of hydrogen-bond donors (Lipinski definition) is 3. The van der Waals surface area contributed by atoms with Crippen molar-refractivity contribution in [1.29, 1.82) is 0 Å². The van der Waals surface area contributed by atoms with Gasteiger partial charge in [-0.05, 0) is 6.42 Å². The number of nitrogens with zero attached hydrogens (tertiary/aromatic N) is 1. The van der Waals surface area contributed by atoms with Gasteiger partial charge in [0, 0.05) is 13.1 Å². The standard InChI is InChI=1S/C6H10N2O4/c1-7-8-4(6(11)12)2-3-5(9)10/h4,8H,1-3H2,(H,9,10)(H,11,12)/t4-/m0/s1. The summed E-state index contributed by atoms with van der Waals surface area (Å²) in [6, 6.07) is -0.974. The van der Waals surface area contributed by atoms with E-state index in [0.717, 1.165) is 0 Å². The Hall–Kier alpha value is -1.59. The average Bonchev–Trinajstić information content (AvgIpc) is 1.96. The summed E-state index contributed by atoms with van der Waals surface area (Å²) in [5.41, 5.74) is 2.19. The van der Waals surface area contributed by atoms with Crippen molar-refractivity contribution in [3.05, 3.63) is 0 Å². The number of nitrogens with one attached hydrogen (secondary N) is 1. The highest BCUT2D eigenvalue weighted by Gasteiger charge is 2.16. The zero-order valence-corrected chi connectivity index (χ0v) is 6.36. The molecule has 68 valence electrons. The van der Waals surface area contributed by atoms with Crippen molar-refractivity contribution in [1.82, 2.24) is 5.43 Å². The number of carboxylic acid groups (broad SMARTS) is 2. The van der Waals surface area contributed by atoms with Crippen LogP contribution in [0.4, 0.5) is 0 Å². The molecule has 0 aliphatic rings. The lowest BCUT2D eigenvalue weighted by Gasteiger charge is -2.08. The Bertz CT molecular complexity index is 192. The Kier molecular flexibility index (Phi) is 4.43. The number of carboxylic acids is 2. The summed E-state index contributed by atoms with van der Waals surface area (Å²) < 4.78 is 0. The van der Waals surface area contributed by atoms with E-state index in [-0.39, 0.29) is 12.8 Å². The SMILES string of the molecule is C=NN[C@@H](CCC(=O)O)C(=O)O. The first-order valence-electron chi connectivity index (χ1n) is 3.23. The third-order valence-electron chi connectivity index (χ3n) is 1.19. The van der Waals surface area contributed by atoms with E-state index in [9.17, 15) is 9.59 Å². The van der Waals surface area contributed by atoms with E-state index in [1.165, 1.54) is 0 Å². The van der Waals surface area contributed by atoms with Gasteiger partial charge in [0.15, 0.2) is 0 Å². The molecular weight excluding hydrogens is 164 g/mol. The molecule has 0 saturated carbocycles. The van der Waals surface area contributed by atoms with Crippen LogP contribution >= 0.6 is 0 Å². The minimum absolute atomic E-state index is 0.0102. The van der Waals surface area contributed by atoms with Gasteiger partial charge in [0.2, 0.25) is 0 Å². The zero-order valence-electron chi connectivity index (χ0n) is 6.36. The van der Waals surface area contributed by atoms with Gasteiger partial charge in [0.25, 0.3) is 0 Å². The van der Waals surface area contributed by atoms with E-state index < -0.39 is 18.0 Å². The van der Waals surface area contributed by atoms with E-state index in [1.807, 2.05) is 0 Å². The van der Waals surface area contributed by atoms with Crippen molar-refractivity contribution in [2.24, 2.45) is 5.10 Å². The Labute approximate surface area is 68.9 Å². The maximum atomic E-state index is 10.4. The predicted molar refractivity (Wildman–Crippen MR) is 41.0 cm³/mol. The minimum Gasteiger partial charge on any atom is -0.481 e. The molecule has 0 bridgehead atoms. The molecule has 0 aromatic rings. The van der Waals surface area contributed by atoms with Gasteiger partial charge in [-0.25, -0.2) is 4.79 Å². The smallest absolute Gasteiger partial charge is 0.327 e. The van der Waals surface area contributed by atoms with Crippen LogP contribution < -0.4 is 5.43 Å². The van der Waals surface area contributed by atoms with Crippen LogP contribution in [-0.4, -0.2) is 34.9 Å². The van der Waals surface area contributed by atoms with E-state index in [1.54, 1.807) is 0 Å². The molecule has 0 amide bonds. The Balaban J connectivity index is 3.86. The van der Waals surface area contributed by atoms with Gasteiger partial charge in [0.05, 0.1) is 0 Å². The number of rotatable bonds is 6. The van der Waals surface area contributed by atoms with Crippen LogP contribution in [0.1, 0.15) is 12.8 Å². The molecule has 3 N–H and O–H groups in total. The fourth-order valence-corrected chi connectivity index (χ4v) is 0.621. The second-order valence-corrected chi connectivity index (χ2v) is 2.11. The molecule has 0 radical (unpaired) electrons. The average molecular weight is 174 g/mol. The van der Waals surface area contributed by atoms with Crippen LogP contribution in [0.15, 0.2) is 5.10 Å². The summed E-state index contributed by atoms with van der Waals surface area (Å²) in [7, 11) is 0. The van der Waals surface area contributed by atoms with Crippen LogP contribution in [0.3, 0.4) is 0 Å². The molecule has 6 heteroatoms. The fraction of sp³-hybridized carbons (Fsp3) is 0.500. The van der Waals surface area contributed by atoms with Crippen LogP contribution in [0.25, 0.3) is 0 Å². The predicted octanol–water partition coefficient (Wildman–Crippen LogP) is -0.490. The maximum Gasteiger partial charge on any atom is 0.327 e. The van der Waals surface area contributed by atoms with Gasteiger partial charge < -0.3 is 10.2 Å². The van der Waals surface area contributed by atoms with E-state index in [4.69, 9.17) is 10.2 Å². The number of aliphatic carboxylic acids is 2. The molecule has 0 aliphatic heterocycles. The second-order valence-electron chi connectivity index (χ2n) is 2.11. The summed E-state index contributed by atoms with van der Waals surface area (Å²) in [6.07, 6.45) is -0.219. The van der Waals surface area contributed by atoms with Gasteiger partial charge >= 0.3 is 11.9 Å². The summed E-state index contributed by atoms with van der Waals surface area (Å²) >= 11 is 0. The zero-order chi connectivity index (χ0) is 9.56. The third kappa shape index (κ3) is 4.26. The molecule has 0 heterocycles. The number of hydrazone groups is 1. The summed E-state index contributed by atoms with van der Waals surface area (Å²) in [5.74, 6) is -2.17. The molecule has 0 spiro atoms. The van der Waals surface area contributed by atoms with Crippen LogP contribution in [-0.2, 0) is 9.59 Å². The Morgan fingerprint density at radius 3 is 2.42 bits per heavy atom. The van der Waals surface area contributed by atoms with E-state index >= 15 is 0 Å². The largest absolute Gasteiger partial charge is 0.481 e. The van der Waals surface area contributed by atoms with Crippen LogP contribution in [0.5, 0.6) is 0 Å². The molecule has 0 aromatic heterocycles. The molecule has 0 fully saturated rings. The molecule has 0 rings (SSSR count). The van der Waals surface area contributed by atoms with Crippen molar-refractivity contribution in [3.8, 4) is 0 Å². The first kappa shape index (κ1) is 10.4. The molecule has 0 aromatic carbocycles. The second kappa shape index (κ2) is 5.11. The quantitative estimate of drug-likeness (QED) is 0.372. The monoisotopic (exact) mass is 174 g/mol. The summed E-state index contributed by atoms with van der Waals surface area (Å²) in [6.45, 7) is 3.04. The highest BCUT2D eigenvalue weighted by Crippen LogP contribution is 1.97. The molecular formula is C6H10N2O4. The fourth-order valence-electron chi connectivity index (χ4n) is 0.621. The topological polar surface area (TPSA) is 99.0 Å². The summed E-state index contributed by atoms with van der Waals surface area (Å²) in [5, 5.41) is 19.9. The molecule has 1 atom stereocenters. The normalized spacial score (nSPS) is 11.7. The third-order valence-corrected chi connectivity index (χ3v) is 1.19. The van der Waals surface area contributed by atoms with Gasteiger partial charge in [-0.3, -0.25) is 10.2 Å². The highest BCUT2D eigenvalue weighted by molar-refractivity contribution is 5.75. The Morgan fingerprint density at radius 2 is 2.08 bits per heavy atom. The van der Waals surface area contributed by atoms with E-state index in [2.05, 4.69) is 17.2 Å². The first-order chi connectivity index (χ1) is 5.57. The first-order valence-corrected chi connectivity index (χ1v) is 3.23. The van der Waals surface area contributed by atoms with Crippen molar-refractivity contribution in [3.63, 3.8) is 0 Å². The molecule has 0 unspecified atom stereocenters. The van der Waals surface area contributed by atoms with Gasteiger partial charge in [-0.1, -0.05) is 0 Å². The van der Waals surface area contributed by atoms with Crippen LogP contribution in [0.2, 0.25) is 0 Å². The summed E-state index contributed by atoms with van der Waals surface area (Å²) in [4.78, 5) is 20.4. The minimum atomic E-state index is -1.14. The van der Waals surface area contributed by atoms with Crippen LogP contribution in [0, 0.1) is 0 Å². The lowest BCUT2D eigenvalue weighted by Crippen LogP contribution is -2.33. The molecule has 0 saturated heterocycles. The lowest BCUT2D eigenvalue weighted by molar-refractivity contribution is -0.140. The number of carbonyl (C=O) groups is 2. The number of hydrogen-bond acceptors (Lipinski definition) is 4. The molecule has 0 aliphatic carbocycles. The molecule has 6 nitrogen and oxygen atoms in total. The van der Waals surface area contributed by atoms with Gasteiger partial charge in [-0.2, -0.15) is 5.10 Å². The maximum absolute atomic E-state index is 10.4.